The van der Waals surface area contributed by atoms with Crippen molar-refractivity contribution in [3.63, 3.8) is 0 Å². The molecule has 0 saturated carbocycles. The summed E-state index contributed by atoms with van der Waals surface area (Å²) in [6.07, 6.45) is 0. The van der Waals surface area contributed by atoms with Crippen molar-refractivity contribution in [2.45, 2.75) is 40.5 Å². The van der Waals surface area contributed by atoms with Crippen molar-refractivity contribution in [1.82, 2.24) is 9.97 Å². The molecule has 0 aliphatic heterocycles. The zero-order valence-electron chi connectivity index (χ0n) is 15.1. The van der Waals surface area contributed by atoms with Crippen molar-refractivity contribution >= 4 is 17.5 Å². The van der Waals surface area contributed by atoms with E-state index < -0.39 is 0 Å². The maximum Gasteiger partial charge on any atom is 0.274 e. The van der Waals surface area contributed by atoms with Gasteiger partial charge in [0.1, 0.15) is 5.69 Å². The predicted molar refractivity (Wildman–Crippen MR) is 98.6 cm³/mol. The van der Waals surface area contributed by atoms with Crippen molar-refractivity contribution < 1.29 is 4.79 Å². The van der Waals surface area contributed by atoms with Crippen molar-refractivity contribution in [3.05, 3.63) is 47.3 Å². The first-order valence-corrected chi connectivity index (χ1v) is 8.36. The SMILES string of the molecule is Cc1cc(C(=O)Nc2ccccc2C(C)C)nc(NCC(C)C)n1. The highest BCUT2D eigenvalue weighted by atomic mass is 16.1. The summed E-state index contributed by atoms with van der Waals surface area (Å²) in [6, 6.07) is 9.55. The molecule has 1 amide bonds. The lowest BCUT2D eigenvalue weighted by atomic mass is 10.0. The van der Waals surface area contributed by atoms with Gasteiger partial charge in [0.15, 0.2) is 0 Å². The van der Waals surface area contributed by atoms with E-state index in [0.29, 0.717) is 23.5 Å². The summed E-state index contributed by atoms with van der Waals surface area (Å²) in [6.45, 7) is 11.1. The number of hydrogen-bond donors (Lipinski definition) is 2. The van der Waals surface area contributed by atoms with E-state index in [1.807, 2.05) is 31.2 Å². The molecule has 0 saturated heterocycles. The largest absolute Gasteiger partial charge is 0.354 e. The molecule has 5 nitrogen and oxygen atoms in total. The molecule has 2 aromatic rings. The molecular weight excluding hydrogens is 300 g/mol. The van der Waals surface area contributed by atoms with Crippen LogP contribution in [0.4, 0.5) is 11.6 Å². The average Bonchev–Trinajstić information content (AvgIpc) is 2.52. The van der Waals surface area contributed by atoms with Gasteiger partial charge in [-0.1, -0.05) is 45.9 Å². The molecule has 5 heteroatoms. The third-order valence-electron chi connectivity index (χ3n) is 3.59. The quantitative estimate of drug-likeness (QED) is 0.833. The standard InChI is InChI=1S/C19H26N4O/c1-12(2)11-20-19-21-14(5)10-17(23-19)18(24)22-16-9-7-6-8-15(16)13(3)4/h6-10,12-13H,11H2,1-5H3,(H,22,24)(H,20,21,23). The summed E-state index contributed by atoms with van der Waals surface area (Å²) in [5.74, 6) is 1.08. The fraction of sp³-hybridized carbons (Fsp3) is 0.421. The molecule has 2 rings (SSSR count). The fourth-order valence-electron chi connectivity index (χ4n) is 2.36. The van der Waals surface area contributed by atoms with Crippen LogP contribution in [0, 0.1) is 12.8 Å². The minimum absolute atomic E-state index is 0.221. The molecule has 1 aromatic heterocycles. The van der Waals surface area contributed by atoms with Crippen LogP contribution < -0.4 is 10.6 Å². The van der Waals surface area contributed by atoms with Crippen LogP contribution in [0.3, 0.4) is 0 Å². The number of hydrogen-bond acceptors (Lipinski definition) is 4. The minimum atomic E-state index is -0.221. The third kappa shape index (κ3) is 4.78. The average molecular weight is 326 g/mol. The lowest BCUT2D eigenvalue weighted by Gasteiger charge is -2.14. The smallest absolute Gasteiger partial charge is 0.274 e. The Morgan fingerprint density at radius 3 is 2.50 bits per heavy atom. The predicted octanol–water partition coefficient (Wildman–Crippen LogP) is 4.23. The van der Waals surface area contributed by atoms with Crippen LogP contribution >= 0.6 is 0 Å². The Bertz CT molecular complexity index is 710. The van der Waals surface area contributed by atoms with E-state index >= 15 is 0 Å². The normalized spacial score (nSPS) is 11.0. The van der Waals surface area contributed by atoms with Crippen LogP contribution in [0.1, 0.15) is 55.4 Å². The van der Waals surface area contributed by atoms with Gasteiger partial charge in [-0.25, -0.2) is 9.97 Å². The molecule has 0 radical (unpaired) electrons. The van der Waals surface area contributed by atoms with Crippen LogP contribution in [0.25, 0.3) is 0 Å². The summed E-state index contributed by atoms with van der Waals surface area (Å²) in [7, 11) is 0. The van der Waals surface area contributed by atoms with Gasteiger partial charge in [-0.3, -0.25) is 4.79 Å². The topological polar surface area (TPSA) is 66.9 Å². The number of aromatic nitrogens is 2. The summed E-state index contributed by atoms with van der Waals surface area (Å²) in [4.78, 5) is 21.3. The number of benzene rings is 1. The molecule has 0 bridgehead atoms. The number of rotatable bonds is 6. The summed E-state index contributed by atoms with van der Waals surface area (Å²) < 4.78 is 0. The number of carbonyl (C=O) groups is 1. The van der Waals surface area contributed by atoms with E-state index in [9.17, 15) is 4.79 Å². The van der Waals surface area contributed by atoms with E-state index in [1.54, 1.807) is 6.07 Å². The molecule has 0 aliphatic rings. The van der Waals surface area contributed by atoms with Gasteiger partial charge in [0.05, 0.1) is 0 Å². The zero-order valence-corrected chi connectivity index (χ0v) is 15.1. The van der Waals surface area contributed by atoms with Gasteiger partial charge in [0.25, 0.3) is 5.91 Å². The lowest BCUT2D eigenvalue weighted by molar-refractivity contribution is 0.102. The molecule has 0 spiro atoms. The van der Waals surface area contributed by atoms with Crippen LogP contribution in [-0.2, 0) is 0 Å². The molecule has 2 N–H and O–H groups in total. The number of carbonyl (C=O) groups excluding carboxylic acids is 1. The molecule has 0 unspecified atom stereocenters. The van der Waals surface area contributed by atoms with E-state index in [4.69, 9.17) is 0 Å². The van der Waals surface area contributed by atoms with Crippen molar-refractivity contribution in [1.29, 1.82) is 0 Å². The molecular formula is C19H26N4O. The Morgan fingerprint density at radius 2 is 1.83 bits per heavy atom. The third-order valence-corrected chi connectivity index (χ3v) is 3.59. The Morgan fingerprint density at radius 1 is 1.12 bits per heavy atom. The summed E-state index contributed by atoms with van der Waals surface area (Å²) >= 11 is 0. The van der Waals surface area contributed by atoms with Crippen LogP contribution in [0.15, 0.2) is 30.3 Å². The number of para-hydroxylation sites is 1. The minimum Gasteiger partial charge on any atom is -0.354 e. The molecule has 0 fully saturated rings. The fourth-order valence-corrected chi connectivity index (χ4v) is 2.36. The van der Waals surface area contributed by atoms with Crippen molar-refractivity contribution in [3.8, 4) is 0 Å². The number of anilines is 2. The number of nitrogens with one attached hydrogen (secondary N) is 2. The molecule has 24 heavy (non-hydrogen) atoms. The van der Waals surface area contributed by atoms with Crippen molar-refractivity contribution in [2.24, 2.45) is 5.92 Å². The summed E-state index contributed by atoms with van der Waals surface area (Å²) in [5, 5.41) is 6.14. The zero-order chi connectivity index (χ0) is 17.7. The van der Waals surface area contributed by atoms with Crippen molar-refractivity contribution in [2.75, 3.05) is 17.2 Å². The lowest BCUT2D eigenvalue weighted by Crippen LogP contribution is -2.18. The van der Waals surface area contributed by atoms with Crippen LogP contribution in [-0.4, -0.2) is 22.4 Å². The van der Waals surface area contributed by atoms with Crippen LogP contribution in [0.2, 0.25) is 0 Å². The van der Waals surface area contributed by atoms with Gasteiger partial charge in [-0.05, 0) is 36.5 Å². The van der Waals surface area contributed by atoms with E-state index in [2.05, 4.69) is 48.3 Å². The second-order valence-electron chi connectivity index (χ2n) is 6.69. The molecule has 128 valence electrons. The first kappa shape index (κ1) is 17.9. The van der Waals surface area contributed by atoms with Crippen LogP contribution in [0.5, 0.6) is 0 Å². The maximum atomic E-state index is 12.6. The van der Waals surface area contributed by atoms with Gasteiger partial charge in [0, 0.05) is 17.9 Å². The Hall–Kier alpha value is -2.43. The first-order chi connectivity index (χ1) is 11.4. The molecule has 0 aliphatic carbocycles. The highest BCUT2D eigenvalue weighted by Crippen LogP contribution is 2.24. The molecule has 1 heterocycles. The maximum absolute atomic E-state index is 12.6. The molecule has 0 atom stereocenters. The van der Waals surface area contributed by atoms with E-state index in [1.165, 1.54) is 0 Å². The highest BCUT2D eigenvalue weighted by Gasteiger charge is 2.14. The number of amides is 1. The van der Waals surface area contributed by atoms with Gasteiger partial charge < -0.3 is 10.6 Å². The van der Waals surface area contributed by atoms with E-state index in [-0.39, 0.29) is 5.91 Å². The van der Waals surface area contributed by atoms with Gasteiger partial charge >= 0.3 is 0 Å². The second-order valence-corrected chi connectivity index (χ2v) is 6.69. The van der Waals surface area contributed by atoms with Gasteiger partial charge in [-0.15, -0.1) is 0 Å². The van der Waals surface area contributed by atoms with Gasteiger partial charge in [0.2, 0.25) is 5.95 Å². The van der Waals surface area contributed by atoms with Gasteiger partial charge in [-0.2, -0.15) is 0 Å². The Labute approximate surface area is 143 Å². The number of nitrogens with zero attached hydrogens (tertiary/aromatic N) is 2. The Balaban J connectivity index is 2.21. The van der Waals surface area contributed by atoms with E-state index in [0.717, 1.165) is 23.5 Å². The Kier molecular flexibility index (Phi) is 5.90. The highest BCUT2D eigenvalue weighted by molar-refractivity contribution is 6.03. The summed E-state index contributed by atoms with van der Waals surface area (Å²) in [5.41, 5.74) is 3.06. The monoisotopic (exact) mass is 326 g/mol. The number of aryl methyl sites for hydroxylation is 1. The molecule has 1 aromatic carbocycles. The first-order valence-electron chi connectivity index (χ1n) is 8.36. The second kappa shape index (κ2) is 7.90.